The van der Waals surface area contributed by atoms with E-state index in [9.17, 15) is 18.0 Å². The van der Waals surface area contributed by atoms with Crippen molar-refractivity contribution in [1.29, 1.82) is 0 Å². The average Bonchev–Trinajstić information content (AvgIpc) is 3.78. The molecule has 0 spiro atoms. The first-order chi connectivity index (χ1) is 22.8. The fraction of sp³-hybridized carbons (Fsp3) is 0.303. The number of pyridine rings is 2. The van der Waals surface area contributed by atoms with Gasteiger partial charge in [0.25, 0.3) is 0 Å². The van der Waals surface area contributed by atoms with E-state index in [4.69, 9.17) is 4.74 Å². The predicted molar refractivity (Wildman–Crippen MR) is 176 cm³/mol. The summed E-state index contributed by atoms with van der Waals surface area (Å²) in [6.07, 6.45) is 3.06. The van der Waals surface area contributed by atoms with E-state index in [0.29, 0.717) is 51.3 Å². The molecule has 9 nitrogen and oxygen atoms in total. The molecule has 0 aliphatic rings. The Morgan fingerprint density at radius 3 is 2.06 bits per heavy atom. The lowest BCUT2D eigenvalue weighted by Crippen LogP contribution is -2.37. The van der Waals surface area contributed by atoms with E-state index in [2.05, 4.69) is 35.8 Å². The zero-order valence-electron chi connectivity index (χ0n) is 25.5. The van der Waals surface area contributed by atoms with Crippen LogP contribution in [0.2, 0.25) is 0 Å². The number of aromatic nitrogens is 4. The zero-order chi connectivity index (χ0) is 32.9. The van der Waals surface area contributed by atoms with Gasteiger partial charge < -0.3 is 15.0 Å². The van der Waals surface area contributed by atoms with Gasteiger partial charge in [-0.15, -0.1) is 22.7 Å². The molecule has 14 heteroatoms. The number of carbonyl (C=O) groups is 1. The third-order valence-corrected chi connectivity index (χ3v) is 8.48. The number of nitrogens with one attached hydrogen (secondary N) is 1. The molecule has 5 rings (SSSR count). The van der Waals surface area contributed by atoms with Crippen molar-refractivity contribution in [1.82, 2.24) is 30.2 Å². The Hall–Kier alpha value is -4.40. The van der Waals surface area contributed by atoms with Crippen molar-refractivity contribution >= 4 is 34.3 Å². The van der Waals surface area contributed by atoms with Crippen LogP contribution in [0.1, 0.15) is 39.8 Å². The minimum Gasteiger partial charge on any atom is -0.494 e. The van der Waals surface area contributed by atoms with E-state index in [1.54, 1.807) is 47.5 Å². The van der Waals surface area contributed by atoms with Gasteiger partial charge in [0.15, 0.2) is 0 Å². The van der Waals surface area contributed by atoms with E-state index >= 15 is 0 Å². The molecular weight excluding hydrogens is 648 g/mol. The van der Waals surface area contributed by atoms with E-state index < -0.39 is 12.1 Å². The molecule has 4 aromatic heterocycles. The second-order valence-corrected chi connectivity index (χ2v) is 12.6. The highest BCUT2D eigenvalue weighted by Gasteiger charge is 2.38. The number of thiazole rings is 2. The van der Waals surface area contributed by atoms with Crippen molar-refractivity contribution in [3.8, 4) is 5.75 Å². The molecular formula is C33H34F3N7O2S2. The summed E-state index contributed by atoms with van der Waals surface area (Å²) >= 11 is 3.18. The molecule has 5 aromatic rings. The summed E-state index contributed by atoms with van der Waals surface area (Å²) in [4.78, 5) is 33.7. The Balaban J connectivity index is 1.38. The first-order valence-electron chi connectivity index (χ1n) is 15.0. The summed E-state index contributed by atoms with van der Waals surface area (Å²) in [5.41, 5.74) is 3.77. The van der Waals surface area contributed by atoms with Gasteiger partial charge in [-0.1, -0.05) is 12.1 Å². The molecule has 1 amide bonds. The van der Waals surface area contributed by atoms with Crippen LogP contribution in [-0.4, -0.2) is 50.1 Å². The molecule has 0 atom stereocenters. The fourth-order valence-electron chi connectivity index (χ4n) is 4.81. The molecule has 246 valence electrons. The second-order valence-electron chi connectivity index (χ2n) is 10.6. The topological polar surface area (TPSA) is 96.4 Å². The van der Waals surface area contributed by atoms with Gasteiger partial charge in [0, 0.05) is 66.9 Å². The Bertz CT molecular complexity index is 1640. The summed E-state index contributed by atoms with van der Waals surface area (Å²) in [6, 6.07) is 17.8. The standard InChI is InChI=1S/C33H34F3N7O2S2/c34-33(35,36)32(44)41-11-5-6-14-45-29-18-25(20-42(23-30-39-12-15-46-30)21-26-7-1-3-9-37-26)17-28(19-29)43(24-31-40-13-16-47-31)22-27-8-2-4-10-38-27/h1-4,7-10,12-13,15-19H,5-6,11,14,20-24H2,(H,41,44). The third-order valence-electron chi connectivity index (χ3n) is 6.95. The van der Waals surface area contributed by atoms with Crippen molar-refractivity contribution in [2.24, 2.45) is 0 Å². The number of hydrogen-bond donors (Lipinski definition) is 1. The molecule has 0 unspecified atom stereocenters. The van der Waals surface area contributed by atoms with Crippen LogP contribution in [0.5, 0.6) is 5.75 Å². The number of halogens is 3. The van der Waals surface area contributed by atoms with E-state index in [1.165, 1.54) is 0 Å². The average molecular weight is 682 g/mol. The maximum absolute atomic E-state index is 12.5. The monoisotopic (exact) mass is 681 g/mol. The first kappa shape index (κ1) is 33.9. The summed E-state index contributed by atoms with van der Waals surface area (Å²) in [5, 5.41) is 7.76. The highest BCUT2D eigenvalue weighted by molar-refractivity contribution is 7.09. The number of hydrogen-bond acceptors (Lipinski definition) is 10. The Labute approximate surface area is 279 Å². The molecule has 0 saturated heterocycles. The number of ether oxygens (including phenoxy) is 1. The lowest BCUT2D eigenvalue weighted by Gasteiger charge is -2.26. The number of anilines is 1. The van der Waals surface area contributed by atoms with Gasteiger partial charge in [-0.3, -0.25) is 19.7 Å². The summed E-state index contributed by atoms with van der Waals surface area (Å²) in [5.74, 6) is -1.30. The normalized spacial score (nSPS) is 11.5. The lowest BCUT2D eigenvalue weighted by atomic mass is 10.1. The Morgan fingerprint density at radius 1 is 0.766 bits per heavy atom. The third kappa shape index (κ3) is 11.1. The maximum atomic E-state index is 12.5. The quantitative estimate of drug-likeness (QED) is 0.109. The number of carbonyl (C=O) groups excluding carboxylic acids is 1. The molecule has 0 radical (unpaired) electrons. The second kappa shape index (κ2) is 17.0. The van der Waals surface area contributed by atoms with Crippen LogP contribution in [0.3, 0.4) is 0 Å². The van der Waals surface area contributed by atoms with Gasteiger partial charge in [0.2, 0.25) is 0 Å². The lowest BCUT2D eigenvalue weighted by molar-refractivity contribution is -0.173. The number of unbranched alkanes of at least 4 members (excludes halogenated alkanes) is 1. The molecule has 0 bridgehead atoms. The smallest absolute Gasteiger partial charge is 0.471 e. The highest BCUT2D eigenvalue weighted by Crippen LogP contribution is 2.29. The first-order valence-corrected chi connectivity index (χ1v) is 16.7. The molecule has 0 aliphatic carbocycles. The SMILES string of the molecule is O=C(NCCCCOc1cc(CN(Cc2ccccn2)Cc2nccs2)cc(N(Cc2ccccn2)Cc2nccs2)c1)C(F)(F)F. The van der Waals surface area contributed by atoms with Gasteiger partial charge in [0.05, 0.1) is 37.6 Å². The van der Waals surface area contributed by atoms with E-state index in [-0.39, 0.29) is 13.2 Å². The molecule has 1 N–H and O–H groups in total. The fourth-order valence-corrected chi connectivity index (χ4v) is 6.10. The molecule has 1 aromatic carbocycles. The number of nitrogens with zero attached hydrogens (tertiary/aromatic N) is 6. The minimum atomic E-state index is -4.89. The molecule has 0 fully saturated rings. The zero-order valence-corrected chi connectivity index (χ0v) is 27.1. The van der Waals surface area contributed by atoms with Gasteiger partial charge in [-0.25, -0.2) is 9.97 Å². The van der Waals surface area contributed by atoms with Crippen LogP contribution < -0.4 is 15.0 Å². The summed E-state index contributed by atoms with van der Waals surface area (Å²) in [7, 11) is 0. The predicted octanol–water partition coefficient (Wildman–Crippen LogP) is 6.64. The van der Waals surface area contributed by atoms with Crippen molar-refractivity contribution < 1.29 is 22.7 Å². The molecule has 0 saturated carbocycles. The van der Waals surface area contributed by atoms with Gasteiger partial charge in [-0.05, 0) is 54.8 Å². The van der Waals surface area contributed by atoms with E-state index in [0.717, 1.165) is 32.7 Å². The van der Waals surface area contributed by atoms with Crippen molar-refractivity contribution in [2.45, 2.75) is 51.7 Å². The number of alkyl halides is 3. The molecule has 0 aliphatic heterocycles. The van der Waals surface area contributed by atoms with Gasteiger partial charge in [0.1, 0.15) is 15.8 Å². The van der Waals surface area contributed by atoms with Crippen molar-refractivity contribution in [3.05, 3.63) is 117 Å². The van der Waals surface area contributed by atoms with Crippen LogP contribution in [-0.2, 0) is 37.5 Å². The highest BCUT2D eigenvalue weighted by atomic mass is 32.1. The van der Waals surface area contributed by atoms with Gasteiger partial charge >= 0.3 is 12.1 Å². The maximum Gasteiger partial charge on any atom is 0.471 e. The van der Waals surface area contributed by atoms with Crippen molar-refractivity contribution in [3.63, 3.8) is 0 Å². The van der Waals surface area contributed by atoms with E-state index in [1.807, 2.05) is 64.6 Å². The van der Waals surface area contributed by atoms with Crippen LogP contribution in [0.4, 0.5) is 18.9 Å². The number of rotatable bonds is 17. The number of amides is 1. The van der Waals surface area contributed by atoms with Gasteiger partial charge in [-0.2, -0.15) is 13.2 Å². The van der Waals surface area contributed by atoms with Crippen LogP contribution >= 0.6 is 22.7 Å². The van der Waals surface area contributed by atoms with Crippen LogP contribution in [0.15, 0.2) is 90.1 Å². The van der Waals surface area contributed by atoms with Crippen LogP contribution in [0.25, 0.3) is 0 Å². The largest absolute Gasteiger partial charge is 0.494 e. The summed E-state index contributed by atoms with van der Waals surface area (Å²) < 4.78 is 43.7. The Kier molecular flexibility index (Phi) is 12.2. The minimum absolute atomic E-state index is 0.0854. The van der Waals surface area contributed by atoms with Crippen LogP contribution in [0, 0.1) is 0 Å². The molecule has 4 heterocycles. The van der Waals surface area contributed by atoms with Crippen molar-refractivity contribution in [2.75, 3.05) is 18.1 Å². The Morgan fingerprint density at radius 2 is 1.45 bits per heavy atom. The summed E-state index contributed by atoms with van der Waals surface area (Å²) in [6.45, 7) is 3.12. The number of benzene rings is 1. The molecule has 47 heavy (non-hydrogen) atoms.